The second-order valence-electron chi connectivity index (χ2n) is 9.54. The quantitative estimate of drug-likeness (QED) is 0.184. The topological polar surface area (TPSA) is 191 Å². The Labute approximate surface area is 207 Å². The van der Waals surface area contributed by atoms with E-state index in [0.717, 1.165) is 0 Å². The molecule has 1 amide bonds. The van der Waals surface area contributed by atoms with E-state index >= 15 is 0 Å². The number of halogens is 1. The minimum atomic E-state index is -2.66. The van der Waals surface area contributed by atoms with E-state index in [0.29, 0.717) is 11.3 Å². The Morgan fingerprint density at radius 1 is 1.14 bits per heavy atom. The van der Waals surface area contributed by atoms with E-state index in [2.05, 4.69) is 0 Å². The summed E-state index contributed by atoms with van der Waals surface area (Å²) >= 11 is 0. The number of aliphatic hydroxyl groups excluding tert-OH is 2. The van der Waals surface area contributed by atoms with Gasteiger partial charge in [0.1, 0.15) is 22.8 Å². The Bertz CT molecular complexity index is 1220. The van der Waals surface area contributed by atoms with Crippen molar-refractivity contribution in [2.75, 3.05) is 38.8 Å². The molecular formula is C23H29ClN4O7. The van der Waals surface area contributed by atoms with Gasteiger partial charge in [0.25, 0.3) is 5.91 Å². The number of primary amides is 1. The Morgan fingerprint density at radius 3 is 2.26 bits per heavy atom. The smallest absolute Gasteiger partial charge is 0.255 e. The molecule has 4 atom stereocenters. The predicted molar refractivity (Wildman–Crippen MR) is 130 cm³/mol. The van der Waals surface area contributed by atoms with E-state index in [-0.39, 0.29) is 42.1 Å². The molecule has 0 saturated heterocycles. The number of carbonyl (C=O) groups is 3. The molecule has 0 heterocycles. The SMILES string of the molecule is CN(C)c1cc(N)c(O)c2c1C[C@H]1C[C@H]3[C@H](N(C)C)C(=O)C(C(N)=O)=C(O)[C@@]3(O)C(=O)C1=C2O.Cl. The lowest BCUT2D eigenvalue weighted by Crippen LogP contribution is -2.65. The summed E-state index contributed by atoms with van der Waals surface area (Å²) in [5, 5.41) is 44.2. The average molecular weight is 509 g/mol. The molecule has 3 aliphatic rings. The van der Waals surface area contributed by atoms with E-state index < -0.39 is 63.8 Å². The van der Waals surface area contributed by atoms with Crippen molar-refractivity contribution < 1.29 is 34.8 Å². The fraction of sp³-hybridized carbons (Fsp3) is 0.435. The van der Waals surface area contributed by atoms with Gasteiger partial charge in [-0.1, -0.05) is 0 Å². The van der Waals surface area contributed by atoms with Gasteiger partial charge in [-0.05, 0) is 44.5 Å². The second-order valence-corrected chi connectivity index (χ2v) is 9.54. The molecule has 0 aliphatic heterocycles. The number of amides is 1. The van der Waals surface area contributed by atoms with Crippen molar-refractivity contribution in [1.82, 2.24) is 4.90 Å². The normalized spacial score (nSPS) is 27.8. The van der Waals surface area contributed by atoms with Gasteiger partial charge in [0, 0.05) is 31.3 Å². The first-order valence-corrected chi connectivity index (χ1v) is 10.7. The number of aliphatic hydroxyl groups is 3. The molecule has 4 rings (SSSR count). The molecule has 1 saturated carbocycles. The number of hydrogen-bond acceptors (Lipinski definition) is 10. The number of phenolic OH excluding ortho intramolecular Hbond substituents is 1. The third-order valence-electron chi connectivity index (χ3n) is 7.21. The minimum Gasteiger partial charge on any atom is -0.508 e. The zero-order chi connectivity index (χ0) is 25.4. The number of likely N-dealkylation sites (N-methyl/N-ethyl adjacent to an activating group) is 1. The highest BCUT2D eigenvalue weighted by Crippen LogP contribution is 2.54. The van der Waals surface area contributed by atoms with Crippen LogP contribution < -0.4 is 16.4 Å². The molecule has 11 nitrogen and oxygen atoms in total. The number of anilines is 2. The summed E-state index contributed by atoms with van der Waals surface area (Å²) in [4.78, 5) is 42.0. The molecule has 0 spiro atoms. The van der Waals surface area contributed by atoms with E-state index in [4.69, 9.17) is 11.5 Å². The molecule has 190 valence electrons. The van der Waals surface area contributed by atoms with Crippen LogP contribution in [0.3, 0.4) is 0 Å². The van der Waals surface area contributed by atoms with Crippen molar-refractivity contribution in [3.05, 3.63) is 34.1 Å². The molecule has 35 heavy (non-hydrogen) atoms. The second kappa shape index (κ2) is 8.43. The molecule has 0 unspecified atom stereocenters. The molecule has 0 bridgehead atoms. The third kappa shape index (κ3) is 3.37. The van der Waals surface area contributed by atoms with Crippen LogP contribution in [0.25, 0.3) is 5.76 Å². The molecular weight excluding hydrogens is 480 g/mol. The number of benzene rings is 1. The van der Waals surface area contributed by atoms with Crippen LogP contribution in [0, 0.1) is 11.8 Å². The maximum Gasteiger partial charge on any atom is 0.255 e. The van der Waals surface area contributed by atoms with Gasteiger partial charge < -0.3 is 36.8 Å². The van der Waals surface area contributed by atoms with Crippen molar-refractivity contribution in [2.45, 2.75) is 24.5 Å². The highest BCUT2D eigenvalue weighted by atomic mass is 35.5. The third-order valence-corrected chi connectivity index (χ3v) is 7.21. The van der Waals surface area contributed by atoms with Crippen LogP contribution in [0.2, 0.25) is 0 Å². The summed E-state index contributed by atoms with van der Waals surface area (Å²) in [5.74, 6) is -6.95. The fourth-order valence-corrected chi connectivity index (χ4v) is 5.71. The zero-order valence-electron chi connectivity index (χ0n) is 19.7. The van der Waals surface area contributed by atoms with Crippen molar-refractivity contribution in [3.8, 4) is 5.75 Å². The number of nitrogens with zero attached hydrogens (tertiary/aromatic N) is 2. The van der Waals surface area contributed by atoms with Crippen LogP contribution in [-0.2, 0) is 20.8 Å². The Hall–Kier alpha value is -3.28. The number of nitrogens with two attached hydrogens (primary N) is 2. The molecule has 12 heteroatoms. The van der Waals surface area contributed by atoms with E-state index in [1.165, 1.54) is 4.90 Å². The average Bonchev–Trinajstić information content (AvgIpc) is 2.72. The number of phenols is 1. The summed E-state index contributed by atoms with van der Waals surface area (Å²) in [6.07, 6.45) is 0.236. The summed E-state index contributed by atoms with van der Waals surface area (Å²) in [6, 6.07) is 0.444. The van der Waals surface area contributed by atoms with Gasteiger partial charge in [-0.15, -0.1) is 12.4 Å². The van der Waals surface area contributed by atoms with Crippen molar-refractivity contribution >= 4 is 47.0 Å². The van der Waals surface area contributed by atoms with E-state index in [1.807, 2.05) is 0 Å². The molecule has 0 aromatic heterocycles. The van der Waals surface area contributed by atoms with Crippen LogP contribution >= 0.6 is 12.4 Å². The highest BCUT2D eigenvalue weighted by molar-refractivity contribution is 6.24. The predicted octanol–water partition coefficient (Wildman–Crippen LogP) is 0.0340. The maximum atomic E-state index is 13.7. The maximum absolute atomic E-state index is 13.7. The van der Waals surface area contributed by atoms with Gasteiger partial charge >= 0.3 is 0 Å². The first-order valence-electron chi connectivity index (χ1n) is 10.7. The molecule has 1 aromatic rings. The molecule has 1 fully saturated rings. The fourth-order valence-electron chi connectivity index (χ4n) is 5.71. The molecule has 3 aliphatic carbocycles. The number of rotatable bonds is 3. The minimum absolute atomic E-state index is 0. The highest BCUT2D eigenvalue weighted by Gasteiger charge is 2.64. The van der Waals surface area contributed by atoms with Gasteiger partial charge in [0.2, 0.25) is 5.78 Å². The Morgan fingerprint density at radius 2 is 1.74 bits per heavy atom. The van der Waals surface area contributed by atoms with Gasteiger partial charge in [-0.2, -0.15) is 0 Å². The van der Waals surface area contributed by atoms with Crippen molar-refractivity contribution in [3.63, 3.8) is 0 Å². The Balaban J connectivity index is 0.00000342. The number of ketones is 2. The monoisotopic (exact) mass is 508 g/mol. The number of Topliss-reactive ketones (excluding diaryl/α,β-unsaturated/α-hetero) is 2. The standard InChI is InChI=1S/C23H28N4O7.ClH/c1-26(2)12-7-11(24)17(28)14-9(12)5-8-6-10-16(27(3)4)19(30)15(22(25)33)21(32)23(10,34)20(31)13(8)18(14)29;/h7-8,10,16,28-29,32,34H,5-6,24H2,1-4H3,(H2,25,33);1H/t8-,10-,16-,23-;/m0./s1. The van der Waals surface area contributed by atoms with Crippen LogP contribution in [0.4, 0.5) is 11.4 Å². The summed E-state index contributed by atoms with van der Waals surface area (Å²) in [5.41, 5.74) is 8.68. The van der Waals surface area contributed by atoms with E-state index in [9.17, 15) is 34.8 Å². The van der Waals surface area contributed by atoms with Crippen LogP contribution in [0.5, 0.6) is 5.75 Å². The lowest BCUT2D eigenvalue weighted by Gasteiger charge is -2.50. The number of hydrogen-bond donors (Lipinski definition) is 6. The first kappa shape index (κ1) is 26.3. The van der Waals surface area contributed by atoms with Crippen molar-refractivity contribution in [1.29, 1.82) is 0 Å². The Kier molecular flexibility index (Phi) is 6.34. The summed E-state index contributed by atoms with van der Waals surface area (Å²) in [7, 11) is 6.64. The first-order chi connectivity index (χ1) is 15.7. The number of carbonyl (C=O) groups excluding carboxylic acids is 3. The number of nitrogen functional groups attached to an aromatic ring is 1. The lowest BCUT2D eigenvalue weighted by atomic mass is 9.57. The summed E-state index contributed by atoms with van der Waals surface area (Å²) < 4.78 is 0. The van der Waals surface area contributed by atoms with Crippen LogP contribution in [-0.4, -0.2) is 82.6 Å². The van der Waals surface area contributed by atoms with Gasteiger partial charge in [-0.25, -0.2) is 0 Å². The number of aromatic hydroxyl groups is 1. The zero-order valence-corrected chi connectivity index (χ0v) is 20.5. The van der Waals surface area contributed by atoms with Gasteiger partial charge in [0.15, 0.2) is 11.4 Å². The molecule has 0 radical (unpaired) electrons. The van der Waals surface area contributed by atoms with Gasteiger partial charge in [0.05, 0.1) is 17.3 Å². The van der Waals surface area contributed by atoms with E-state index in [1.54, 1.807) is 39.2 Å². The largest absolute Gasteiger partial charge is 0.508 e. The van der Waals surface area contributed by atoms with Crippen LogP contribution in [0.15, 0.2) is 23.0 Å². The van der Waals surface area contributed by atoms with Gasteiger partial charge in [-0.3, -0.25) is 19.3 Å². The molecule has 8 N–H and O–H groups in total. The summed E-state index contributed by atoms with van der Waals surface area (Å²) in [6.45, 7) is 0. The lowest BCUT2D eigenvalue weighted by molar-refractivity contribution is -0.153. The number of fused-ring (bicyclic) bond motifs is 3. The van der Waals surface area contributed by atoms with Crippen LogP contribution in [0.1, 0.15) is 17.5 Å². The van der Waals surface area contributed by atoms with Crippen molar-refractivity contribution in [2.24, 2.45) is 17.6 Å². The molecule has 1 aromatic carbocycles.